The molecule has 6 heteroatoms. The summed E-state index contributed by atoms with van der Waals surface area (Å²) in [7, 11) is 4.16. The zero-order chi connectivity index (χ0) is 18.9. The number of carbonyl (C=O) groups excluding carboxylic acids is 2. The van der Waals surface area contributed by atoms with Crippen molar-refractivity contribution in [2.75, 3.05) is 21.3 Å². The molecular weight excluding hydrogens is 336 g/mol. The maximum absolute atomic E-state index is 12.3. The molecule has 0 unspecified atom stereocenters. The minimum absolute atomic E-state index is 0.0482. The highest BCUT2D eigenvalue weighted by molar-refractivity contribution is 5.95. The molecule has 0 fully saturated rings. The van der Waals surface area contributed by atoms with Crippen LogP contribution in [0, 0.1) is 11.8 Å². The summed E-state index contributed by atoms with van der Waals surface area (Å²) in [5, 5.41) is 0. The summed E-state index contributed by atoms with van der Waals surface area (Å²) < 4.78 is 21.3. The second-order valence-corrected chi connectivity index (χ2v) is 6.19. The number of esters is 2. The van der Waals surface area contributed by atoms with Crippen molar-refractivity contribution in [1.82, 2.24) is 0 Å². The molecule has 6 nitrogen and oxygen atoms in total. The van der Waals surface area contributed by atoms with Gasteiger partial charge in [-0.25, -0.2) is 0 Å². The number of benzene rings is 1. The van der Waals surface area contributed by atoms with Crippen molar-refractivity contribution in [2.45, 2.75) is 31.7 Å². The van der Waals surface area contributed by atoms with Crippen LogP contribution in [-0.2, 0) is 35.1 Å². The van der Waals surface area contributed by atoms with Crippen LogP contribution in [0.1, 0.15) is 18.4 Å². The predicted molar refractivity (Wildman–Crippen MR) is 95.2 cm³/mol. The van der Waals surface area contributed by atoms with Crippen molar-refractivity contribution in [1.29, 1.82) is 0 Å². The molecule has 142 valence electrons. The van der Waals surface area contributed by atoms with Gasteiger partial charge in [-0.2, -0.15) is 0 Å². The van der Waals surface area contributed by atoms with E-state index in [4.69, 9.17) is 18.9 Å². The molecule has 0 heterocycles. The van der Waals surface area contributed by atoms with E-state index in [2.05, 4.69) is 0 Å². The molecule has 0 bridgehead atoms. The Morgan fingerprint density at radius 3 is 2.31 bits per heavy atom. The van der Waals surface area contributed by atoms with E-state index in [9.17, 15) is 9.59 Å². The molecule has 0 N–H and O–H groups in total. The molecule has 1 aliphatic rings. The van der Waals surface area contributed by atoms with E-state index < -0.39 is 23.8 Å². The lowest BCUT2D eigenvalue weighted by atomic mass is 9.85. The molecule has 0 saturated carbocycles. The van der Waals surface area contributed by atoms with Crippen LogP contribution in [-0.4, -0.2) is 45.5 Å². The molecule has 0 amide bonds. The van der Waals surface area contributed by atoms with Gasteiger partial charge in [-0.05, 0) is 12.0 Å². The largest absolute Gasteiger partial charge is 0.468 e. The van der Waals surface area contributed by atoms with Crippen molar-refractivity contribution >= 4 is 11.9 Å². The zero-order valence-electron chi connectivity index (χ0n) is 15.4. The summed E-state index contributed by atoms with van der Waals surface area (Å²) in [4.78, 5) is 24.5. The standard InChI is InChI=1S/C20H26O6/c1-23-15-10-7-11-16(18(19(21)24-2)20(22)25-3)17(12-15)26-13-14-8-5-4-6-9-14/h4-9,11,15-18H,10,12-13H2,1-3H3/t15-,16+,17-/m1/s1. The lowest BCUT2D eigenvalue weighted by Gasteiger charge is -2.29. The summed E-state index contributed by atoms with van der Waals surface area (Å²) in [6.07, 6.45) is 4.57. The average Bonchev–Trinajstić information content (AvgIpc) is 2.89. The molecule has 2 rings (SSSR count). The molecule has 1 aromatic carbocycles. The first-order valence-corrected chi connectivity index (χ1v) is 8.61. The fraction of sp³-hybridized carbons (Fsp3) is 0.500. The molecule has 0 radical (unpaired) electrons. The minimum atomic E-state index is -1.07. The third-order valence-corrected chi connectivity index (χ3v) is 4.62. The SMILES string of the molecule is COC(=O)C(C(=O)OC)[C@H]1C=CC[C@@H](OC)C[C@H]1OCc1ccccc1. The van der Waals surface area contributed by atoms with E-state index in [-0.39, 0.29) is 12.2 Å². The first kappa shape index (κ1) is 20.1. The van der Waals surface area contributed by atoms with Gasteiger partial charge in [0, 0.05) is 19.4 Å². The highest BCUT2D eigenvalue weighted by Crippen LogP contribution is 2.31. The second kappa shape index (κ2) is 10.1. The molecule has 1 aliphatic carbocycles. The molecule has 0 spiro atoms. The quantitative estimate of drug-likeness (QED) is 0.422. The highest BCUT2D eigenvalue weighted by Gasteiger charge is 2.42. The van der Waals surface area contributed by atoms with E-state index in [1.165, 1.54) is 14.2 Å². The minimum Gasteiger partial charge on any atom is -0.468 e. The lowest BCUT2D eigenvalue weighted by Crippen LogP contribution is -2.40. The van der Waals surface area contributed by atoms with Crippen LogP contribution in [0.2, 0.25) is 0 Å². The van der Waals surface area contributed by atoms with E-state index in [1.807, 2.05) is 42.5 Å². The van der Waals surface area contributed by atoms with Gasteiger partial charge in [0.2, 0.25) is 0 Å². The van der Waals surface area contributed by atoms with Gasteiger partial charge in [-0.1, -0.05) is 42.5 Å². The molecule has 26 heavy (non-hydrogen) atoms. The van der Waals surface area contributed by atoms with Crippen LogP contribution >= 0.6 is 0 Å². The van der Waals surface area contributed by atoms with Crippen molar-refractivity contribution in [3.8, 4) is 0 Å². The monoisotopic (exact) mass is 362 g/mol. The van der Waals surface area contributed by atoms with Crippen molar-refractivity contribution < 1.29 is 28.5 Å². The smallest absolute Gasteiger partial charge is 0.320 e. The fourth-order valence-corrected chi connectivity index (χ4v) is 3.16. The molecule has 0 aliphatic heterocycles. The maximum atomic E-state index is 12.3. The van der Waals surface area contributed by atoms with Crippen LogP contribution in [0.4, 0.5) is 0 Å². The van der Waals surface area contributed by atoms with Crippen molar-refractivity contribution in [2.24, 2.45) is 11.8 Å². The Morgan fingerprint density at radius 2 is 1.73 bits per heavy atom. The van der Waals surface area contributed by atoms with Crippen LogP contribution in [0.3, 0.4) is 0 Å². The van der Waals surface area contributed by atoms with E-state index >= 15 is 0 Å². The molecule has 3 atom stereocenters. The van der Waals surface area contributed by atoms with Gasteiger partial charge in [0.15, 0.2) is 5.92 Å². The Kier molecular flexibility index (Phi) is 7.81. The fourth-order valence-electron chi connectivity index (χ4n) is 3.16. The van der Waals surface area contributed by atoms with Gasteiger partial charge in [-0.3, -0.25) is 9.59 Å². The second-order valence-electron chi connectivity index (χ2n) is 6.19. The van der Waals surface area contributed by atoms with E-state index in [1.54, 1.807) is 7.11 Å². The van der Waals surface area contributed by atoms with Crippen LogP contribution < -0.4 is 0 Å². The average molecular weight is 362 g/mol. The van der Waals surface area contributed by atoms with E-state index in [0.29, 0.717) is 19.4 Å². The Morgan fingerprint density at radius 1 is 1.08 bits per heavy atom. The van der Waals surface area contributed by atoms with Gasteiger partial charge in [-0.15, -0.1) is 0 Å². The zero-order valence-corrected chi connectivity index (χ0v) is 15.4. The Hall–Kier alpha value is -2.18. The van der Waals surface area contributed by atoms with Gasteiger partial charge < -0.3 is 18.9 Å². The number of carbonyl (C=O) groups is 2. The van der Waals surface area contributed by atoms with Crippen molar-refractivity contribution in [3.63, 3.8) is 0 Å². The first-order valence-electron chi connectivity index (χ1n) is 8.61. The lowest BCUT2D eigenvalue weighted by molar-refractivity contribution is -0.164. The summed E-state index contributed by atoms with van der Waals surface area (Å²) in [6.45, 7) is 0.376. The third kappa shape index (κ3) is 5.16. The van der Waals surface area contributed by atoms with Gasteiger partial charge >= 0.3 is 11.9 Å². The van der Waals surface area contributed by atoms with Crippen LogP contribution in [0.25, 0.3) is 0 Å². The predicted octanol–water partition coefficient (Wildman–Crippen LogP) is 2.52. The number of hydrogen-bond donors (Lipinski definition) is 0. The molecule has 0 saturated heterocycles. The number of methoxy groups -OCH3 is 3. The number of ether oxygens (including phenoxy) is 4. The Balaban J connectivity index is 2.24. The summed E-state index contributed by atoms with van der Waals surface area (Å²) >= 11 is 0. The normalized spacial score (nSPS) is 22.7. The van der Waals surface area contributed by atoms with Crippen LogP contribution in [0.5, 0.6) is 0 Å². The summed E-state index contributed by atoms with van der Waals surface area (Å²) in [5.41, 5.74) is 1.01. The highest BCUT2D eigenvalue weighted by atomic mass is 16.5. The summed E-state index contributed by atoms with van der Waals surface area (Å²) in [5.74, 6) is -2.82. The Labute approximate surface area is 154 Å². The van der Waals surface area contributed by atoms with Gasteiger partial charge in [0.05, 0.1) is 33.0 Å². The first-order chi connectivity index (χ1) is 12.6. The summed E-state index contributed by atoms with van der Waals surface area (Å²) in [6, 6.07) is 9.74. The maximum Gasteiger partial charge on any atom is 0.320 e. The topological polar surface area (TPSA) is 71.1 Å². The molecule has 1 aromatic rings. The Bertz CT molecular complexity index is 596. The van der Waals surface area contributed by atoms with Crippen molar-refractivity contribution in [3.05, 3.63) is 48.0 Å². The van der Waals surface area contributed by atoms with Gasteiger partial charge in [0.25, 0.3) is 0 Å². The van der Waals surface area contributed by atoms with Gasteiger partial charge in [0.1, 0.15) is 0 Å². The number of hydrogen-bond acceptors (Lipinski definition) is 6. The molecule has 0 aromatic heterocycles. The van der Waals surface area contributed by atoms with Crippen LogP contribution in [0.15, 0.2) is 42.5 Å². The number of rotatable bonds is 7. The molecular formula is C20H26O6. The third-order valence-electron chi connectivity index (χ3n) is 4.62. The van der Waals surface area contributed by atoms with E-state index in [0.717, 1.165) is 5.56 Å².